The van der Waals surface area contributed by atoms with Crippen molar-refractivity contribution in [2.75, 3.05) is 0 Å². The minimum atomic E-state index is -0.493. The molecule has 0 saturated carbocycles. The Morgan fingerprint density at radius 3 is 2.83 bits per heavy atom. The summed E-state index contributed by atoms with van der Waals surface area (Å²) in [4.78, 5) is 16.8. The van der Waals surface area contributed by atoms with E-state index in [4.69, 9.17) is 0 Å². The minimum Gasteiger partial charge on any atom is -0.347 e. The van der Waals surface area contributed by atoms with Crippen LogP contribution in [0.4, 0.5) is 4.39 Å². The van der Waals surface area contributed by atoms with Crippen LogP contribution in [0, 0.1) is 19.7 Å². The van der Waals surface area contributed by atoms with Gasteiger partial charge in [0.05, 0.1) is 17.1 Å². The summed E-state index contributed by atoms with van der Waals surface area (Å²) in [5.74, 6) is -0.897. The highest BCUT2D eigenvalue weighted by Gasteiger charge is 2.11. The number of hydrogen-bond donors (Lipinski definition) is 1. The highest BCUT2D eigenvalue weighted by atomic mass is 32.1. The maximum Gasteiger partial charge on any atom is 0.254 e. The summed E-state index contributed by atoms with van der Waals surface area (Å²) >= 11 is 1.51. The Morgan fingerprint density at radius 1 is 1.44 bits per heavy atom. The number of benzene rings is 1. The molecular weight excluding hydrogens is 251 g/mol. The fourth-order valence-electron chi connectivity index (χ4n) is 1.55. The molecule has 1 amide bonds. The van der Waals surface area contributed by atoms with E-state index in [-0.39, 0.29) is 5.56 Å². The molecule has 0 saturated heterocycles. The van der Waals surface area contributed by atoms with Crippen molar-refractivity contribution in [3.05, 3.63) is 51.2 Å². The maximum atomic E-state index is 13.6. The SMILES string of the molecule is Cc1ccc(C(=O)NCc2cnc(C)s2)c(F)c1. The number of amides is 1. The zero-order valence-electron chi connectivity index (χ0n) is 10.2. The Labute approximate surface area is 109 Å². The molecule has 5 heteroatoms. The van der Waals surface area contributed by atoms with Gasteiger partial charge in [-0.15, -0.1) is 11.3 Å². The number of hydrogen-bond acceptors (Lipinski definition) is 3. The molecule has 0 radical (unpaired) electrons. The molecule has 18 heavy (non-hydrogen) atoms. The average Bonchev–Trinajstić information content (AvgIpc) is 2.72. The van der Waals surface area contributed by atoms with Crippen LogP contribution in [0.15, 0.2) is 24.4 Å². The first-order valence-electron chi connectivity index (χ1n) is 5.52. The molecule has 1 aromatic carbocycles. The molecule has 2 rings (SSSR count). The summed E-state index contributed by atoms with van der Waals surface area (Å²) in [5, 5.41) is 3.63. The molecular formula is C13H13FN2OS. The normalized spacial score (nSPS) is 10.4. The number of rotatable bonds is 3. The molecule has 0 aliphatic rings. The van der Waals surface area contributed by atoms with Crippen molar-refractivity contribution in [1.29, 1.82) is 0 Å². The monoisotopic (exact) mass is 264 g/mol. The van der Waals surface area contributed by atoms with Crippen molar-refractivity contribution in [2.24, 2.45) is 0 Å². The second kappa shape index (κ2) is 5.27. The Kier molecular flexibility index (Phi) is 3.72. The summed E-state index contributed by atoms with van der Waals surface area (Å²) in [7, 11) is 0. The lowest BCUT2D eigenvalue weighted by Crippen LogP contribution is -2.23. The quantitative estimate of drug-likeness (QED) is 0.926. The van der Waals surface area contributed by atoms with E-state index in [1.807, 2.05) is 6.92 Å². The average molecular weight is 264 g/mol. The lowest BCUT2D eigenvalue weighted by Gasteiger charge is -2.05. The van der Waals surface area contributed by atoms with Crippen LogP contribution in [0.2, 0.25) is 0 Å². The number of nitrogens with zero attached hydrogens (tertiary/aromatic N) is 1. The lowest BCUT2D eigenvalue weighted by molar-refractivity contribution is 0.0947. The third-order valence-corrected chi connectivity index (χ3v) is 3.37. The zero-order valence-corrected chi connectivity index (χ0v) is 11.0. The van der Waals surface area contributed by atoms with Crippen LogP contribution in [-0.2, 0) is 6.54 Å². The largest absolute Gasteiger partial charge is 0.347 e. The molecule has 0 atom stereocenters. The third kappa shape index (κ3) is 2.92. The van der Waals surface area contributed by atoms with Gasteiger partial charge in [-0.2, -0.15) is 0 Å². The fraction of sp³-hybridized carbons (Fsp3) is 0.231. The highest BCUT2D eigenvalue weighted by Crippen LogP contribution is 2.12. The highest BCUT2D eigenvalue weighted by molar-refractivity contribution is 7.11. The van der Waals surface area contributed by atoms with Gasteiger partial charge in [-0.1, -0.05) is 6.07 Å². The van der Waals surface area contributed by atoms with Crippen LogP contribution in [-0.4, -0.2) is 10.9 Å². The first-order valence-corrected chi connectivity index (χ1v) is 6.33. The summed E-state index contributed by atoms with van der Waals surface area (Å²) in [6, 6.07) is 4.57. The molecule has 0 bridgehead atoms. The van der Waals surface area contributed by atoms with E-state index < -0.39 is 11.7 Å². The zero-order chi connectivity index (χ0) is 13.1. The van der Waals surface area contributed by atoms with Crippen LogP contribution < -0.4 is 5.32 Å². The van der Waals surface area contributed by atoms with Gasteiger partial charge in [0.25, 0.3) is 5.91 Å². The van der Waals surface area contributed by atoms with Gasteiger partial charge in [-0.25, -0.2) is 9.37 Å². The van der Waals surface area contributed by atoms with Crippen LogP contribution >= 0.6 is 11.3 Å². The summed E-state index contributed by atoms with van der Waals surface area (Å²) in [6.07, 6.45) is 1.71. The second-order valence-corrected chi connectivity index (χ2v) is 5.33. The lowest BCUT2D eigenvalue weighted by atomic mass is 10.1. The molecule has 94 valence electrons. The number of aromatic nitrogens is 1. The Morgan fingerprint density at radius 2 is 2.22 bits per heavy atom. The molecule has 0 unspecified atom stereocenters. The van der Waals surface area contributed by atoms with Crippen LogP contribution in [0.25, 0.3) is 0 Å². The Balaban J connectivity index is 2.03. The van der Waals surface area contributed by atoms with Gasteiger partial charge in [0.2, 0.25) is 0 Å². The van der Waals surface area contributed by atoms with Gasteiger partial charge in [0, 0.05) is 11.1 Å². The summed E-state index contributed by atoms with van der Waals surface area (Å²) in [5.41, 5.74) is 0.865. The van der Waals surface area contributed by atoms with Crippen LogP contribution in [0.1, 0.15) is 25.8 Å². The van der Waals surface area contributed by atoms with Gasteiger partial charge in [-0.3, -0.25) is 4.79 Å². The number of nitrogens with one attached hydrogen (secondary N) is 1. The van der Waals surface area contributed by atoms with Gasteiger partial charge in [0.1, 0.15) is 5.82 Å². The Bertz CT molecular complexity index is 580. The van der Waals surface area contributed by atoms with E-state index in [0.29, 0.717) is 6.54 Å². The van der Waals surface area contributed by atoms with Crippen molar-refractivity contribution in [2.45, 2.75) is 20.4 Å². The molecule has 2 aromatic rings. The predicted octanol–water partition coefficient (Wildman–Crippen LogP) is 2.83. The van der Waals surface area contributed by atoms with Crippen molar-refractivity contribution in [3.8, 4) is 0 Å². The van der Waals surface area contributed by atoms with Crippen LogP contribution in [0.5, 0.6) is 0 Å². The molecule has 1 N–H and O–H groups in total. The first kappa shape index (κ1) is 12.7. The van der Waals surface area contributed by atoms with E-state index in [2.05, 4.69) is 10.3 Å². The molecule has 3 nitrogen and oxygen atoms in total. The number of aryl methyl sites for hydroxylation is 2. The molecule has 1 heterocycles. The van der Waals surface area contributed by atoms with E-state index >= 15 is 0 Å². The summed E-state index contributed by atoms with van der Waals surface area (Å²) in [6.45, 7) is 4.05. The first-order chi connectivity index (χ1) is 8.56. The smallest absolute Gasteiger partial charge is 0.254 e. The number of carbonyl (C=O) groups is 1. The Hall–Kier alpha value is -1.75. The van der Waals surface area contributed by atoms with E-state index in [1.54, 1.807) is 19.2 Å². The van der Waals surface area contributed by atoms with Crippen molar-refractivity contribution < 1.29 is 9.18 Å². The maximum absolute atomic E-state index is 13.6. The van der Waals surface area contributed by atoms with E-state index in [1.165, 1.54) is 23.5 Å². The topological polar surface area (TPSA) is 42.0 Å². The van der Waals surface area contributed by atoms with E-state index in [9.17, 15) is 9.18 Å². The van der Waals surface area contributed by atoms with Gasteiger partial charge >= 0.3 is 0 Å². The third-order valence-electron chi connectivity index (χ3n) is 2.46. The minimum absolute atomic E-state index is 0.0711. The van der Waals surface area contributed by atoms with Crippen LogP contribution in [0.3, 0.4) is 0 Å². The summed E-state index contributed by atoms with van der Waals surface area (Å²) < 4.78 is 13.6. The van der Waals surface area contributed by atoms with Crippen molar-refractivity contribution in [3.63, 3.8) is 0 Å². The van der Waals surface area contributed by atoms with Gasteiger partial charge in [-0.05, 0) is 31.5 Å². The van der Waals surface area contributed by atoms with E-state index in [0.717, 1.165) is 15.4 Å². The molecule has 0 fully saturated rings. The van der Waals surface area contributed by atoms with Gasteiger partial charge in [0.15, 0.2) is 0 Å². The number of halogens is 1. The predicted molar refractivity (Wildman–Crippen MR) is 69.2 cm³/mol. The van der Waals surface area contributed by atoms with Crippen molar-refractivity contribution >= 4 is 17.2 Å². The molecule has 0 aliphatic heterocycles. The molecule has 1 aromatic heterocycles. The second-order valence-electron chi connectivity index (χ2n) is 4.01. The molecule has 0 spiro atoms. The van der Waals surface area contributed by atoms with Crippen molar-refractivity contribution in [1.82, 2.24) is 10.3 Å². The standard InChI is InChI=1S/C13H13FN2OS/c1-8-3-4-11(12(14)5-8)13(17)16-7-10-6-15-9(2)18-10/h3-6H,7H2,1-2H3,(H,16,17). The number of thiazole rings is 1. The van der Waals surface area contributed by atoms with Gasteiger partial charge < -0.3 is 5.32 Å². The number of carbonyl (C=O) groups excluding carboxylic acids is 1. The fourth-order valence-corrected chi connectivity index (χ4v) is 2.29. The molecule has 0 aliphatic carbocycles.